The number of anilines is 1. The van der Waals surface area contributed by atoms with E-state index in [2.05, 4.69) is 5.32 Å². The van der Waals surface area contributed by atoms with Gasteiger partial charge in [-0.1, -0.05) is 29.8 Å². The number of benzene rings is 1. The number of allylic oxidation sites excluding steroid dienone is 1. The molecule has 0 aromatic heterocycles. The standard InChI is InChI=1S/C11H11ClF3N/c1-2-3-7-16-10-8(11(13,14)15)5-4-6-9(10)12/h2-6,16H,7H2,1H3/b3-2+. The molecule has 88 valence electrons. The van der Waals surface area contributed by atoms with Gasteiger partial charge < -0.3 is 5.32 Å². The minimum Gasteiger partial charge on any atom is -0.380 e. The van der Waals surface area contributed by atoms with Crippen LogP contribution in [-0.4, -0.2) is 6.54 Å². The van der Waals surface area contributed by atoms with Crippen molar-refractivity contribution in [2.24, 2.45) is 0 Å². The summed E-state index contributed by atoms with van der Waals surface area (Å²) in [6.07, 6.45) is -0.941. The summed E-state index contributed by atoms with van der Waals surface area (Å²) in [7, 11) is 0. The van der Waals surface area contributed by atoms with Crippen LogP contribution >= 0.6 is 11.6 Å². The van der Waals surface area contributed by atoms with Crippen molar-refractivity contribution in [3.8, 4) is 0 Å². The summed E-state index contributed by atoms with van der Waals surface area (Å²) in [5.74, 6) is 0. The Bertz CT molecular complexity index is 385. The van der Waals surface area contributed by atoms with Gasteiger partial charge in [0.05, 0.1) is 16.3 Å². The molecule has 0 fully saturated rings. The van der Waals surface area contributed by atoms with Crippen molar-refractivity contribution in [1.29, 1.82) is 0 Å². The molecule has 0 saturated heterocycles. The topological polar surface area (TPSA) is 12.0 Å². The van der Waals surface area contributed by atoms with Crippen LogP contribution in [0.2, 0.25) is 5.02 Å². The first-order valence-corrected chi connectivity index (χ1v) is 5.05. The highest BCUT2D eigenvalue weighted by atomic mass is 35.5. The normalized spacial score (nSPS) is 12.1. The Morgan fingerprint density at radius 2 is 2.06 bits per heavy atom. The minimum atomic E-state index is -4.40. The van der Waals surface area contributed by atoms with Crippen molar-refractivity contribution < 1.29 is 13.2 Å². The Hall–Kier alpha value is -1.16. The molecule has 0 atom stereocenters. The average Bonchev–Trinajstić information content (AvgIpc) is 2.19. The number of hydrogen-bond donors (Lipinski definition) is 1. The Labute approximate surface area is 96.9 Å². The van der Waals surface area contributed by atoms with Crippen LogP contribution in [-0.2, 0) is 6.18 Å². The molecule has 1 N–H and O–H groups in total. The van der Waals surface area contributed by atoms with Crippen molar-refractivity contribution in [1.82, 2.24) is 0 Å². The van der Waals surface area contributed by atoms with E-state index in [1.54, 1.807) is 19.1 Å². The van der Waals surface area contributed by atoms with Crippen LogP contribution in [0.5, 0.6) is 0 Å². The number of nitrogens with one attached hydrogen (secondary N) is 1. The predicted octanol–water partition coefficient (Wildman–Crippen LogP) is 4.35. The van der Waals surface area contributed by atoms with E-state index in [1.807, 2.05) is 0 Å². The van der Waals surface area contributed by atoms with Crippen LogP contribution in [0.25, 0.3) is 0 Å². The molecule has 0 radical (unpaired) electrons. The maximum atomic E-state index is 12.6. The number of para-hydroxylation sites is 1. The molecule has 0 bridgehead atoms. The van der Waals surface area contributed by atoms with Gasteiger partial charge in [0.25, 0.3) is 0 Å². The predicted molar refractivity (Wildman–Crippen MR) is 59.8 cm³/mol. The monoisotopic (exact) mass is 249 g/mol. The first-order chi connectivity index (χ1) is 7.46. The van der Waals surface area contributed by atoms with Gasteiger partial charge in [0.15, 0.2) is 0 Å². The smallest absolute Gasteiger partial charge is 0.380 e. The van der Waals surface area contributed by atoms with Gasteiger partial charge in [-0.15, -0.1) is 0 Å². The fourth-order valence-electron chi connectivity index (χ4n) is 1.22. The highest BCUT2D eigenvalue weighted by Gasteiger charge is 2.34. The van der Waals surface area contributed by atoms with Crippen molar-refractivity contribution in [2.45, 2.75) is 13.1 Å². The Kier molecular flexibility index (Phi) is 4.24. The Morgan fingerprint density at radius 3 is 2.62 bits per heavy atom. The molecule has 1 aromatic carbocycles. The SMILES string of the molecule is C/C=C/CNc1c(Cl)cccc1C(F)(F)F. The van der Waals surface area contributed by atoms with Crippen LogP contribution < -0.4 is 5.32 Å². The summed E-state index contributed by atoms with van der Waals surface area (Å²) in [6.45, 7) is 2.10. The third kappa shape index (κ3) is 3.17. The van der Waals surface area contributed by atoms with Gasteiger partial charge in [0, 0.05) is 6.54 Å². The maximum Gasteiger partial charge on any atom is 0.418 e. The van der Waals surface area contributed by atoms with Gasteiger partial charge in [-0.25, -0.2) is 0 Å². The third-order valence-corrected chi connectivity index (χ3v) is 2.27. The van der Waals surface area contributed by atoms with Crippen LogP contribution in [0.1, 0.15) is 12.5 Å². The zero-order chi connectivity index (χ0) is 12.2. The number of rotatable bonds is 3. The van der Waals surface area contributed by atoms with Crippen molar-refractivity contribution >= 4 is 17.3 Å². The van der Waals surface area contributed by atoms with Crippen molar-refractivity contribution in [3.63, 3.8) is 0 Å². The summed E-state index contributed by atoms with van der Waals surface area (Å²) in [6, 6.07) is 3.71. The summed E-state index contributed by atoms with van der Waals surface area (Å²) < 4.78 is 37.9. The molecule has 1 nitrogen and oxygen atoms in total. The summed E-state index contributed by atoms with van der Waals surface area (Å²) in [4.78, 5) is 0. The molecule has 1 aromatic rings. The van der Waals surface area contributed by atoms with E-state index in [0.717, 1.165) is 6.07 Å². The van der Waals surface area contributed by atoms with Crippen molar-refractivity contribution in [2.75, 3.05) is 11.9 Å². The molecular weight excluding hydrogens is 239 g/mol. The van der Waals surface area contributed by atoms with E-state index >= 15 is 0 Å². The second-order valence-electron chi connectivity index (χ2n) is 3.11. The zero-order valence-electron chi connectivity index (χ0n) is 8.61. The number of alkyl halides is 3. The first kappa shape index (κ1) is 12.9. The van der Waals surface area contributed by atoms with Crippen LogP contribution in [0, 0.1) is 0 Å². The molecule has 16 heavy (non-hydrogen) atoms. The molecule has 0 aliphatic rings. The van der Waals surface area contributed by atoms with E-state index < -0.39 is 11.7 Å². The molecule has 0 amide bonds. The average molecular weight is 250 g/mol. The second-order valence-corrected chi connectivity index (χ2v) is 3.52. The molecule has 1 rings (SSSR count). The summed E-state index contributed by atoms with van der Waals surface area (Å²) in [5, 5.41) is 2.72. The summed E-state index contributed by atoms with van der Waals surface area (Å²) in [5.41, 5.74) is -0.820. The Morgan fingerprint density at radius 1 is 1.38 bits per heavy atom. The molecule has 0 unspecified atom stereocenters. The molecule has 0 aliphatic heterocycles. The van der Waals surface area contributed by atoms with E-state index in [-0.39, 0.29) is 10.7 Å². The van der Waals surface area contributed by atoms with Gasteiger partial charge in [-0.2, -0.15) is 13.2 Å². The maximum absolute atomic E-state index is 12.6. The van der Waals surface area contributed by atoms with Crippen LogP contribution in [0.3, 0.4) is 0 Å². The van der Waals surface area contributed by atoms with Gasteiger partial charge in [-0.05, 0) is 19.1 Å². The van der Waals surface area contributed by atoms with Crippen LogP contribution in [0.4, 0.5) is 18.9 Å². The highest BCUT2D eigenvalue weighted by Crippen LogP contribution is 2.38. The molecule has 0 spiro atoms. The van der Waals surface area contributed by atoms with E-state index in [9.17, 15) is 13.2 Å². The zero-order valence-corrected chi connectivity index (χ0v) is 9.36. The Balaban J connectivity index is 3.04. The quantitative estimate of drug-likeness (QED) is 0.786. The lowest BCUT2D eigenvalue weighted by atomic mass is 10.1. The van der Waals surface area contributed by atoms with Crippen LogP contribution in [0.15, 0.2) is 30.4 Å². The molecule has 0 saturated carbocycles. The van der Waals surface area contributed by atoms with E-state index in [0.29, 0.717) is 6.54 Å². The van der Waals surface area contributed by atoms with Gasteiger partial charge in [0.1, 0.15) is 0 Å². The lowest BCUT2D eigenvalue weighted by Crippen LogP contribution is -2.11. The molecule has 0 aliphatic carbocycles. The van der Waals surface area contributed by atoms with Gasteiger partial charge >= 0.3 is 6.18 Å². The van der Waals surface area contributed by atoms with Gasteiger partial charge in [-0.3, -0.25) is 0 Å². The van der Waals surface area contributed by atoms with E-state index in [1.165, 1.54) is 12.1 Å². The molecule has 0 heterocycles. The van der Waals surface area contributed by atoms with E-state index in [4.69, 9.17) is 11.6 Å². The first-order valence-electron chi connectivity index (χ1n) is 4.67. The lowest BCUT2D eigenvalue weighted by Gasteiger charge is -2.14. The molecular formula is C11H11ClF3N. The fourth-order valence-corrected chi connectivity index (χ4v) is 1.46. The second kappa shape index (κ2) is 5.25. The third-order valence-electron chi connectivity index (χ3n) is 1.95. The van der Waals surface area contributed by atoms with Crippen molar-refractivity contribution in [3.05, 3.63) is 40.9 Å². The minimum absolute atomic E-state index is 0.0688. The fraction of sp³-hybridized carbons (Fsp3) is 0.273. The highest BCUT2D eigenvalue weighted by molar-refractivity contribution is 6.33. The largest absolute Gasteiger partial charge is 0.418 e. The summed E-state index contributed by atoms with van der Waals surface area (Å²) >= 11 is 5.73. The molecule has 5 heteroatoms. The van der Waals surface area contributed by atoms with Gasteiger partial charge in [0.2, 0.25) is 0 Å². The number of hydrogen-bond acceptors (Lipinski definition) is 1. The number of halogens is 4. The lowest BCUT2D eigenvalue weighted by molar-refractivity contribution is -0.136.